The monoisotopic (exact) mass is 278 g/mol. The number of aromatic nitrogens is 3. The summed E-state index contributed by atoms with van der Waals surface area (Å²) in [6.45, 7) is 1.84. The summed E-state index contributed by atoms with van der Waals surface area (Å²) in [6.07, 6.45) is 4.29. The highest BCUT2D eigenvalue weighted by Crippen LogP contribution is 2.21. The summed E-state index contributed by atoms with van der Waals surface area (Å²) in [6, 6.07) is 0. The largest absolute Gasteiger partial charge is 0.448 e. The molecule has 2 aromatic heterocycles. The molecule has 3 rings (SSSR count). The van der Waals surface area contributed by atoms with Gasteiger partial charge < -0.3 is 9.64 Å². The van der Waals surface area contributed by atoms with E-state index in [4.69, 9.17) is 4.74 Å². The Kier molecular flexibility index (Phi) is 3.20. The summed E-state index contributed by atoms with van der Waals surface area (Å²) in [5.74, 6) is 0. The standard InChI is InChI=1S/C12H14N4O2S/c1-15-7-9(6-13-15)10-8-19-11(14-10)2-3-16-4-5-18-12(16)17/h6-8H,2-5H2,1H3. The third-order valence-electron chi connectivity index (χ3n) is 2.99. The van der Waals surface area contributed by atoms with Gasteiger partial charge in [0.1, 0.15) is 6.61 Å². The third-order valence-corrected chi connectivity index (χ3v) is 3.90. The summed E-state index contributed by atoms with van der Waals surface area (Å²) in [4.78, 5) is 17.6. The molecule has 7 heteroatoms. The second-order valence-electron chi connectivity index (χ2n) is 4.38. The predicted octanol–water partition coefficient (Wildman–Crippen LogP) is 1.54. The van der Waals surface area contributed by atoms with Gasteiger partial charge in [0, 0.05) is 37.2 Å². The van der Waals surface area contributed by atoms with Gasteiger partial charge in [-0.2, -0.15) is 5.10 Å². The molecule has 0 unspecified atom stereocenters. The molecule has 1 fully saturated rings. The van der Waals surface area contributed by atoms with Gasteiger partial charge in [0.2, 0.25) is 0 Å². The zero-order chi connectivity index (χ0) is 13.2. The van der Waals surface area contributed by atoms with Crippen LogP contribution in [0.15, 0.2) is 17.8 Å². The first-order chi connectivity index (χ1) is 9.22. The van der Waals surface area contributed by atoms with Gasteiger partial charge >= 0.3 is 6.09 Å². The predicted molar refractivity (Wildman–Crippen MR) is 70.9 cm³/mol. The maximum atomic E-state index is 11.3. The summed E-state index contributed by atoms with van der Waals surface area (Å²) in [5.41, 5.74) is 1.96. The number of rotatable bonds is 4. The molecule has 0 saturated carbocycles. The Hall–Kier alpha value is -1.89. The second-order valence-corrected chi connectivity index (χ2v) is 5.32. The van der Waals surface area contributed by atoms with E-state index >= 15 is 0 Å². The SMILES string of the molecule is Cn1cc(-c2csc(CCN3CCOC3=O)n2)cn1. The Bertz CT molecular complexity index is 592. The van der Waals surface area contributed by atoms with Gasteiger partial charge in [0.25, 0.3) is 0 Å². The number of amides is 1. The van der Waals surface area contributed by atoms with Crippen LogP contribution in [0.25, 0.3) is 11.3 Å². The minimum absolute atomic E-state index is 0.218. The lowest BCUT2D eigenvalue weighted by atomic mass is 10.3. The fraction of sp³-hybridized carbons (Fsp3) is 0.417. The van der Waals surface area contributed by atoms with E-state index in [1.165, 1.54) is 0 Å². The van der Waals surface area contributed by atoms with Crippen molar-refractivity contribution in [2.75, 3.05) is 19.7 Å². The highest BCUT2D eigenvalue weighted by molar-refractivity contribution is 7.09. The Morgan fingerprint density at radius 3 is 3.11 bits per heavy atom. The minimum atomic E-state index is -0.218. The summed E-state index contributed by atoms with van der Waals surface area (Å²) < 4.78 is 6.65. The Balaban J connectivity index is 1.63. The van der Waals surface area contributed by atoms with Crippen molar-refractivity contribution < 1.29 is 9.53 Å². The van der Waals surface area contributed by atoms with E-state index < -0.39 is 0 Å². The van der Waals surface area contributed by atoms with Crippen LogP contribution in [0.4, 0.5) is 4.79 Å². The fourth-order valence-corrected chi connectivity index (χ4v) is 2.77. The molecule has 1 saturated heterocycles. The lowest BCUT2D eigenvalue weighted by molar-refractivity contribution is 0.159. The van der Waals surface area contributed by atoms with Crippen molar-refractivity contribution in [2.24, 2.45) is 7.05 Å². The van der Waals surface area contributed by atoms with Gasteiger partial charge in [-0.1, -0.05) is 0 Å². The number of hydrogen-bond donors (Lipinski definition) is 0. The molecule has 3 heterocycles. The first-order valence-corrected chi connectivity index (χ1v) is 6.95. The van der Waals surface area contributed by atoms with Crippen molar-refractivity contribution in [1.82, 2.24) is 19.7 Å². The van der Waals surface area contributed by atoms with Crippen LogP contribution in [0, 0.1) is 0 Å². The average Bonchev–Trinajstić information content (AvgIpc) is 3.08. The molecule has 0 aromatic carbocycles. The summed E-state index contributed by atoms with van der Waals surface area (Å²) in [7, 11) is 1.88. The van der Waals surface area contributed by atoms with Crippen LogP contribution >= 0.6 is 11.3 Å². The number of ether oxygens (including phenoxy) is 1. The quantitative estimate of drug-likeness (QED) is 0.851. The highest BCUT2D eigenvalue weighted by atomic mass is 32.1. The molecule has 2 aromatic rings. The maximum absolute atomic E-state index is 11.3. The van der Waals surface area contributed by atoms with E-state index in [2.05, 4.69) is 10.1 Å². The molecule has 0 radical (unpaired) electrons. The van der Waals surface area contributed by atoms with Gasteiger partial charge in [0.05, 0.1) is 23.4 Å². The molecule has 1 aliphatic heterocycles. The molecule has 6 nitrogen and oxygen atoms in total. The molecule has 19 heavy (non-hydrogen) atoms. The van der Waals surface area contributed by atoms with Crippen LogP contribution in [-0.2, 0) is 18.2 Å². The minimum Gasteiger partial charge on any atom is -0.448 e. The van der Waals surface area contributed by atoms with E-state index in [1.807, 2.05) is 18.6 Å². The first-order valence-electron chi connectivity index (χ1n) is 6.07. The van der Waals surface area contributed by atoms with Crippen molar-refractivity contribution in [3.8, 4) is 11.3 Å². The van der Waals surface area contributed by atoms with Crippen molar-refractivity contribution in [3.05, 3.63) is 22.8 Å². The van der Waals surface area contributed by atoms with Crippen LogP contribution in [0.5, 0.6) is 0 Å². The molecular weight excluding hydrogens is 264 g/mol. The Labute approximate surface area is 114 Å². The number of cyclic esters (lactones) is 1. The van der Waals surface area contributed by atoms with Crippen molar-refractivity contribution >= 4 is 17.4 Å². The van der Waals surface area contributed by atoms with Gasteiger partial charge in [-0.25, -0.2) is 9.78 Å². The molecular formula is C12H14N4O2S. The second kappa shape index (κ2) is 5.00. The highest BCUT2D eigenvalue weighted by Gasteiger charge is 2.21. The van der Waals surface area contributed by atoms with Crippen LogP contribution in [0.3, 0.4) is 0 Å². The normalized spacial score (nSPS) is 15.0. The van der Waals surface area contributed by atoms with Gasteiger partial charge in [-0.15, -0.1) is 11.3 Å². The van der Waals surface area contributed by atoms with E-state index in [0.29, 0.717) is 19.7 Å². The number of carbonyl (C=O) groups is 1. The number of carbonyl (C=O) groups excluding carboxylic acids is 1. The smallest absolute Gasteiger partial charge is 0.409 e. The van der Waals surface area contributed by atoms with E-state index in [9.17, 15) is 4.79 Å². The van der Waals surface area contributed by atoms with E-state index in [-0.39, 0.29) is 6.09 Å². The molecule has 1 aliphatic rings. The number of nitrogens with zero attached hydrogens (tertiary/aromatic N) is 4. The van der Waals surface area contributed by atoms with Crippen molar-refractivity contribution in [2.45, 2.75) is 6.42 Å². The maximum Gasteiger partial charge on any atom is 0.409 e. The number of aryl methyl sites for hydroxylation is 1. The molecule has 100 valence electrons. The molecule has 0 N–H and O–H groups in total. The lowest BCUT2D eigenvalue weighted by Gasteiger charge is -2.10. The average molecular weight is 278 g/mol. The molecule has 0 bridgehead atoms. The first kappa shape index (κ1) is 12.2. The topological polar surface area (TPSA) is 60.2 Å². The molecule has 0 aliphatic carbocycles. The van der Waals surface area contributed by atoms with E-state index in [1.54, 1.807) is 27.1 Å². The fourth-order valence-electron chi connectivity index (χ4n) is 1.97. The van der Waals surface area contributed by atoms with Crippen molar-refractivity contribution in [1.29, 1.82) is 0 Å². The molecule has 0 spiro atoms. The number of hydrogen-bond acceptors (Lipinski definition) is 5. The van der Waals surface area contributed by atoms with Crippen molar-refractivity contribution in [3.63, 3.8) is 0 Å². The Morgan fingerprint density at radius 1 is 1.53 bits per heavy atom. The van der Waals surface area contributed by atoms with E-state index in [0.717, 1.165) is 22.7 Å². The summed E-state index contributed by atoms with van der Waals surface area (Å²) in [5, 5.41) is 7.18. The van der Waals surface area contributed by atoms with Gasteiger partial charge in [-0.3, -0.25) is 4.68 Å². The van der Waals surface area contributed by atoms with Crippen LogP contribution < -0.4 is 0 Å². The van der Waals surface area contributed by atoms with Gasteiger partial charge in [-0.05, 0) is 0 Å². The Morgan fingerprint density at radius 2 is 2.42 bits per heavy atom. The zero-order valence-corrected chi connectivity index (χ0v) is 11.4. The van der Waals surface area contributed by atoms with Crippen LogP contribution in [0.1, 0.15) is 5.01 Å². The van der Waals surface area contributed by atoms with Crippen LogP contribution in [0.2, 0.25) is 0 Å². The molecule has 1 amide bonds. The summed E-state index contributed by atoms with van der Waals surface area (Å²) >= 11 is 1.61. The number of thiazole rings is 1. The molecule has 0 atom stereocenters. The zero-order valence-electron chi connectivity index (χ0n) is 10.6. The van der Waals surface area contributed by atoms with Crippen LogP contribution in [-0.4, -0.2) is 45.5 Å². The lowest BCUT2D eigenvalue weighted by Crippen LogP contribution is -2.26. The third kappa shape index (κ3) is 2.60. The van der Waals surface area contributed by atoms with Gasteiger partial charge in [0.15, 0.2) is 0 Å².